The third-order valence-corrected chi connectivity index (χ3v) is 4.70. The minimum Gasteiger partial charge on any atom is -0.312 e. The molecule has 1 aliphatic rings. The standard InChI is InChI=1S/C15H26N2S/c1-4-16-10-13-6-7-14(18-13)11-17-9-5-8-15(2,3)12-17/h6-7,16H,4-5,8-12H2,1-3H3. The number of nitrogens with one attached hydrogen (secondary N) is 1. The Morgan fingerprint density at radius 2 is 2.11 bits per heavy atom. The topological polar surface area (TPSA) is 15.3 Å². The van der Waals surface area contributed by atoms with Crippen LogP contribution in [0.2, 0.25) is 0 Å². The van der Waals surface area contributed by atoms with Crippen molar-refractivity contribution in [2.45, 2.75) is 46.7 Å². The number of piperidine rings is 1. The van der Waals surface area contributed by atoms with E-state index in [2.05, 4.69) is 43.1 Å². The van der Waals surface area contributed by atoms with E-state index >= 15 is 0 Å². The maximum absolute atomic E-state index is 3.39. The third kappa shape index (κ3) is 4.08. The zero-order valence-corrected chi connectivity index (χ0v) is 12.8. The first-order valence-corrected chi connectivity index (χ1v) is 7.91. The molecule has 1 N–H and O–H groups in total. The zero-order valence-electron chi connectivity index (χ0n) is 12.0. The van der Waals surface area contributed by atoms with Crippen LogP contribution >= 0.6 is 11.3 Å². The van der Waals surface area contributed by atoms with Gasteiger partial charge in [-0.2, -0.15) is 0 Å². The number of likely N-dealkylation sites (tertiary alicyclic amines) is 1. The summed E-state index contributed by atoms with van der Waals surface area (Å²) in [5.41, 5.74) is 0.502. The highest BCUT2D eigenvalue weighted by Crippen LogP contribution is 2.30. The molecule has 1 aromatic heterocycles. The second-order valence-electron chi connectivity index (χ2n) is 6.13. The van der Waals surface area contributed by atoms with Crippen LogP contribution in [-0.4, -0.2) is 24.5 Å². The molecule has 0 amide bonds. The quantitative estimate of drug-likeness (QED) is 0.878. The Balaban J connectivity index is 1.87. The van der Waals surface area contributed by atoms with Crippen molar-refractivity contribution in [2.75, 3.05) is 19.6 Å². The number of rotatable bonds is 5. The van der Waals surface area contributed by atoms with Gasteiger partial charge in [-0.05, 0) is 43.5 Å². The minimum atomic E-state index is 0.502. The molecule has 0 saturated carbocycles. The Morgan fingerprint density at radius 3 is 2.83 bits per heavy atom. The summed E-state index contributed by atoms with van der Waals surface area (Å²) < 4.78 is 0. The molecule has 2 nitrogen and oxygen atoms in total. The molecule has 0 aliphatic carbocycles. The monoisotopic (exact) mass is 266 g/mol. The second-order valence-corrected chi connectivity index (χ2v) is 7.38. The van der Waals surface area contributed by atoms with Gasteiger partial charge in [-0.25, -0.2) is 0 Å². The van der Waals surface area contributed by atoms with Crippen molar-refractivity contribution >= 4 is 11.3 Å². The predicted octanol–water partition coefficient (Wildman–Crippen LogP) is 3.48. The first-order valence-electron chi connectivity index (χ1n) is 7.10. The van der Waals surface area contributed by atoms with Crippen molar-refractivity contribution in [1.82, 2.24) is 10.2 Å². The van der Waals surface area contributed by atoms with E-state index in [-0.39, 0.29) is 0 Å². The molecule has 18 heavy (non-hydrogen) atoms. The lowest BCUT2D eigenvalue weighted by molar-refractivity contribution is 0.112. The Labute approximate surface area is 115 Å². The summed E-state index contributed by atoms with van der Waals surface area (Å²) in [6.07, 6.45) is 2.72. The lowest BCUT2D eigenvalue weighted by atomic mass is 9.84. The smallest absolute Gasteiger partial charge is 0.0328 e. The van der Waals surface area contributed by atoms with E-state index in [1.807, 2.05) is 11.3 Å². The number of hydrogen-bond donors (Lipinski definition) is 1. The van der Waals surface area contributed by atoms with Gasteiger partial charge in [-0.15, -0.1) is 11.3 Å². The summed E-state index contributed by atoms with van der Waals surface area (Å²) in [7, 11) is 0. The molecule has 1 aromatic rings. The van der Waals surface area contributed by atoms with Crippen molar-refractivity contribution < 1.29 is 0 Å². The van der Waals surface area contributed by atoms with Crippen LogP contribution in [0.1, 0.15) is 43.4 Å². The molecule has 2 rings (SSSR count). The molecule has 0 radical (unpaired) electrons. The molecule has 2 heterocycles. The fraction of sp³-hybridized carbons (Fsp3) is 0.733. The molecule has 0 bridgehead atoms. The van der Waals surface area contributed by atoms with Crippen molar-refractivity contribution in [3.05, 3.63) is 21.9 Å². The maximum Gasteiger partial charge on any atom is 0.0328 e. The summed E-state index contributed by atoms with van der Waals surface area (Å²) in [6.45, 7) is 12.7. The number of thiophene rings is 1. The van der Waals surface area contributed by atoms with Gasteiger partial charge < -0.3 is 5.32 Å². The van der Waals surface area contributed by atoms with Gasteiger partial charge in [0.15, 0.2) is 0 Å². The fourth-order valence-electron chi connectivity index (χ4n) is 2.75. The van der Waals surface area contributed by atoms with Gasteiger partial charge in [0.05, 0.1) is 0 Å². The number of hydrogen-bond acceptors (Lipinski definition) is 3. The molecule has 0 spiro atoms. The van der Waals surface area contributed by atoms with Gasteiger partial charge in [0.1, 0.15) is 0 Å². The van der Waals surface area contributed by atoms with Crippen LogP contribution < -0.4 is 5.32 Å². The molecule has 0 atom stereocenters. The van der Waals surface area contributed by atoms with E-state index in [0.717, 1.165) is 19.6 Å². The number of nitrogens with zero attached hydrogens (tertiary/aromatic N) is 1. The summed E-state index contributed by atoms with van der Waals surface area (Å²) >= 11 is 1.96. The predicted molar refractivity (Wildman–Crippen MR) is 80.0 cm³/mol. The Morgan fingerprint density at radius 1 is 1.33 bits per heavy atom. The van der Waals surface area contributed by atoms with Crippen molar-refractivity contribution in [3.8, 4) is 0 Å². The summed E-state index contributed by atoms with van der Waals surface area (Å²) in [4.78, 5) is 5.59. The van der Waals surface area contributed by atoms with Crippen LogP contribution in [0.15, 0.2) is 12.1 Å². The molecule has 0 aromatic carbocycles. The van der Waals surface area contributed by atoms with Crippen LogP contribution in [0.4, 0.5) is 0 Å². The van der Waals surface area contributed by atoms with E-state index in [9.17, 15) is 0 Å². The SMILES string of the molecule is CCNCc1ccc(CN2CCCC(C)(C)C2)s1. The lowest BCUT2D eigenvalue weighted by Gasteiger charge is -2.37. The molecule has 0 unspecified atom stereocenters. The molecule has 1 saturated heterocycles. The van der Waals surface area contributed by atoms with E-state index in [1.165, 1.54) is 35.7 Å². The Hall–Kier alpha value is -0.380. The van der Waals surface area contributed by atoms with Gasteiger partial charge in [-0.1, -0.05) is 20.8 Å². The highest BCUT2D eigenvalue weighted by atomic mass is 32.1. The fourth-order valence-corrected chi connectivity index (χ4v) is 3.78. The highest BCUT2D eigenvalue weighted by molar-refractivity contribution is 7.11. The molecule has 102 valence electrons. The van der Waals surface area contributed by atoms with Gasteiger partial charge in [0.25, 0.3) is 0 Å². The average Bonchev–Trinajstić information content (AvgIpc) is 2.73. The average molecular weight is 266 g/mol. The van der Waals surface area contributed by atoms with Crippen molar-refractivity contribution in [1.29, 1.82) is 0 Å². The molecular formula is C15H26N2S. The highest BCUT2D eigenvalue weighted by Gasteiger charge is 2.26. The maximum atomic E-state index is 3.39. The summed E-state index contributed by atoms with van der Waals surface area (Å²) in [5.74, 6) is 0. The molecule has 1 aliphatic heterocycles. The van der Waals surface area contributed by atoms with Gasteiger partial charge >= 0.3 is 0 Å². The third-order valence-electron chi connectivity index (χ3n) is 3.63. The first kappa shape index (κ1) is 14.0. The summed E-state index contributed by atoms with van der Waals surface area (Å²) in [5, 5.41) is 3.39. The van der Waals surface area contributed by atoms with E-state index < -0.39 is 0 Å². The second kappa shape index (κ2) is 6.18. The summed E-state index contributed by atoms with van der Waals surface area (Å²) in [6, 6.07) is 4.58. The first-order chi connectivity index (χ1) is 8.59. The van der Waals surface area contributed by atoms with Crippen LogP contribution in [-0.2, 0) is 13.1 Å². The van der Waals surface area contributed by atoms with Crippen LogP contribution in [0.3, 0.4) is 0 Å². The van der Waals surface area contributed by atoms with Crippen LogP contribution in [0, 0.1) is 5.41 Å². The van der Waals surface area contributed by atoms with Crippen LogP contribution in [0.5, 0.6) is 0 Å². The molecule has 1 fully saturated rings. The van der Waals surface area contributed by atoms with E-state index in [4.69, 9.17) is 0 Å². The Bertz CT molecular complexity index is 370. The Kier molecular flexibility index (Phi) is 4.82. The van der Waals surface area contributed by atoms with Crippen molar-refractivity contribution in [2.24, 2.45) is 5.41 Å². The van der Waals surface area contributed by atoms with Gasteiger partial charge in [0, 0.05) is 29.4 Å². The van der Waals surface area contributed by atoms with E-state index in [1.54, 1.807) is 0 Å². The molecule has 3 heteroatoms. The van der Waals surface area contributed by atoms with Crippen molar-refractivity contribution in [3.63, 3.8) is 0 Å². The zero-order chi connectivity index (χ0) is 13.0. The van der Waals surface area contributed by atoms with Crippen LogP contribution in [0.25, 0.3) is 0 Å². The largest absolute Gasteiger partial charge is 0.312 e. The lowest BCUT2D eigenvalue weighted by Crippen LogP contribution is -2.39. The van der Waals surface area contributed by atoms with Gasteiger partial charge in [0.2, 0.25) is 0 Å². The minimum absolute atomic E-state index is 0.502. The molecular weight excluding hydrogens is 240 g/mol. The van der Waals surface area contributed by atoms with E-state index in [0.29, 0.717) is 5.41 Å². The van der Waals surface area contributed by atoms with Gasteiger partial charge in [-0.3, -0.25) is 4.90 Å². The normalized spacial score (nSPS) is 20.2.